The van der Waals surface area contributed by atoms with Crippen LogP contribution in [0.15, 0.2) is 12.1 Å². The summed E-state index contributed by atoms with van der Waals surface area (Å²) in [5.74, 6) is 0.162. The number of nitrogen functional groups attached to an aromatic ring is 1. The highest BCUT2D eigenvalue weighted by atomic mass is 19.1. The largest absolute Gasteiger partial charge is 0.385 e. The molecule has 2 rings (SSSR count). The SMILES string of the molecule is COCCC(C)n1c(N)nc2cc(F)c(C)cc21. The number of hydrogen-bond acceptors (Lipinski definition) is 3. The number of anilines is 1. The number of aryl methyl sites for hydroxylation is 1. The Labute approximate surface area is 106 Å². The summed E-state index contributed by atoms with van der Waals surface area (Å²) in [4.78, 5) is 4.20. The minimum absolute atomic E-state index is 0.166. The van der Waals surface area contributed by atoms with E-state index in [0.717, 1.165) is 11.9 Å². The second kappa shape index (κ2) is 4.94. The zero-order valence-corrected chi connectivity index (χ0v) is 10.9. The van der Waals surface area contributed by atoms with E-state index in [-0.39, 0.29) is 11.9 Å². The Bertz CT molecular complexity index is 565. The molecule has 0 aliphatic carbocycles. The van der Waals surface area contributed by atoms with Crippen LogP contribution in [0.25, 0.3) is 11.0 Å². The summed E-state index contributed by atoms with van der Waals surface area (Å²) in [7, 11) is 1.67. The highest BCUT2D eigenvalue weighted by molar-refractivity contribution is 5.79. The second-order valence-corrected chi connectivity index (χ2v) is 4.56. The molecule has 1 unspecified atom stereocenters. The minimum atomic E-state index is -0.253. The molecule has 0 spiro atoms. The van der Waals surface area contributed by atoms with Crippen molar-refractivity contribution in [3.8, 4) is 0 Å². The first-order valence-electron chi connectivity index (χ1n) is 5.97. The summed E-state index contributed by atoms with van der Waals surface area (Å²) in [6.07, 6.45) is 0.836. The van der Waals surface area contributed by atoms with E-state index in [9.17, 15) is 4.39 Å². The van der Waals surface area contributed by atoms with Gasteiger partial charge in [-0.3, -0.25) is 0 Å². The molecule has 0 amide bonds. The normalized spacial score (nSPS) is 13.1. The lowest BCUT2D eigenvalue weighted by molar-refractivity contribution is 0.182. The fourth-order valence-electron chi connectivity index (χ4n) is 2.12. The van der Waals surface area contributed by atoms with Crippen LogP contribution in [0.1, 0.15) is 24.9 Å². The summed E-state index contributed by atoms with van der Waals surface area (Å²) < 4.78 is 20.5. The van der Waals surface area contributed by atoms with E-state index in [1.165, 1.54) is 6.07 Å². The maximum atomic E-state index is 13.5. The van der Waals surface area contributed by atoms with Gasteiger partial charge in [-0.2, -0.15) is 0 Å². The quantitative estimate of drug-likeness (QED) is 0.908. The summed E-state index contributed by atoms with van der Waals surface area (Å²) in [6.45, 7) is 4.44. The van der Waals surface area contributed by atoms with Crippen molar-refractivity contribution in [1.29, 1.82) is 0 Å². The maximum absolute atomic E-state index is 13.5. The fraction of sp³-hybridized carbons (Fsp3) is 0.462. The lowest BCUT2D eigenvalue weighted by Crippen LogP contribution is -2.11. The van der Waals surface area contributed by atoms with Gasteiger partial charge in [-0.05, 0) is 31.9 Å². The number of imidazole rings is 1. The number of methoxy groups -OCH3 is 1. The molecule has 18 heavy (non-hydrogen) atoms. The minimum Gasteiger partial charge on any atom is -0.385 e. The van der Waals surface area contributed by atoms with Crippen molar-refractivity contribution in [2.45, 2.75) is 26.3 Å². The molecule has 0 aliphatic rings. The lowest BCUT2D eigenvalue weighted by Gasteiger charge is -2.15. The van der Waals surface area contributed by atoms with Crippen LogP contribution in [-0.4, -0.2) is 23.3 Å². The van der Waals surface area contributed by atoms with Crippen LogP contribution in [0.5, 0.6) is 0 Å². The van der Waals surface area contributed by atoms with E-state index >= 15 is 0 Å². The standard InChI is InChI=1S/C13H18FN3O/c1-8-6-12-11(7-10(8)14)16-13(15)17(12)9(2)4-5-18-3/h6-7,9H,4-5H2,1-3H3,(H2,15,16). The molecule has 4 nitrogen and oxygen atoms in total. The molecule has 98 valence electrons. The molecular weight excluding hydrogens is 233 g/mol. The van der Waals surface area contributed by atoms with E-state index in [0.29, 0.717) is 23.6 Å². The van der Waals surface area contributed by atoms with Crippen LogP contribution in [0.3, 0.4) is 0 Å². The van der Waals surface area contributed by atoms with Gasteiger partial charge in [0.05, 0.1) is 11.0 Å². The van der Waals surface area contributed by atoms with Gasteiger partial charge < -0.3 is 15.0 Å². The molecule has 0 saturated heterocycles. The van der Waals surface area contributed by atoms with Crippen LogP contribution >= 0.6 is 0 Å². The molecule has 1 aromatic heterocycles. The average Bonchev–Trinajstić information content (AvgIpc) is 2.62. The fourth-order valence-corrected chi connectivity index (χ4v) is 2.12. The Kier molecular flexibility index (Phi) is 3.52. The van der Waals surface area contributed by atoms with Crippen molar-refractivity contribution in [3.05, 3.63) is 23.5 Å². The zero-order chi connectivity index (χ0) is 13.3. The molecular formula is C13H18FN3O. The smallest absolute Gasteiger partial charge is 0.201 e. The van der Waals surface area contributed by atoms with Crippen molar-refractivity contribution < 1.29 is 9.13 Å². The predicted molar refractivity (Wildman–Crippen MR) is 70.0 cm³/mol. The van der Waals surface area contributed by atoms with Crippen LogP contribution < -0.4 is 5.73 Å². The number of nitrogens with zero attached hydrogens (tertiary/aromatic N) is 2. The van der Waals surface area contributed by atoms with Gasteiger partial charge >= 0.3 is 0 Å². The first kappa shape index (κ1) is 12.8. The maximum Gasteiger partial charge on any atom is 0.201 e. The number of nitrogens with two attached hydrogens (primary N) is 1. The third kappa shape index (κ3) is 2.18. The number of fused-ring (bicyclic) bond motifs is 1. The van der Waals surface area contributed by atoms with Gasteiger partial charge in [-0.1, -0.05) is 0 Å². The van der Waals surface area contributed by atoms with Crippen molar-refractivity contribution >= 4 is 17.0 Å². The van der Waals surface area contributed by atoms with Gasteiger partial charge in [0.2, 0.25) is 5.95 Å². The molecule has 0 bridgehead atoms. The van der Waals surface area contributed by atoms with E-state index in [2.05, 4.69) is 11.9 Å². The number of aromatic nitrogens is 2. The van der Waals surface area contributed by atoms with Gasteiger partial charge in [0.15, 0.2) is 0 Å². The molecule has 0 saturated carbocycles. The van der Waals surface area contributed by atoms with Gasteiger partial charge in [0.25, 0.3) is 0 Å². The summed E-state index contributed by atoms with van der Waals surface area (Å²) in [6, 6.07) is 3.39. The van der Waals surface area contributed by atoms with Crippen molar-refractivity contribution in [3.63, 3.8) is 0 Å². The van der Waals surface area contributed by atoms with Gasteiger partial charge in [-0.25, -0.2) is 9.37 Å². The topological polar surface area (TPSA) is 53.1 Å². The highest BCUT2D eigenvalue weighted by Gasteiger charge is 2.15. The molecule has 2 aromatic rings. The summed E-state index contributed by atoms with van der Waals surface area (Å²) in [5, 5.41) is 0. The zero-order valence-electron chi connectivity index (χ0n) is 10.9. The third-order valence-corrected chi connectivity index (χ3v) is 3.18. The Morgan fingerprint density at radius 3 is 2.89 bits per heavy atom. The highest BCUT2D eigenvalue weighted by Crippen LogP contribution is 2.26. The number of hydrogen-bond donors (Lipinski definition) is 1. The number of ether oxygens (including phenoxy) is 1. The molecule has 2 N–H and O–H groups in total. The van der Waals surface area contributed by atoms with Gasteiger partial charge in [0.1, 0.15) is 5.82 Å². The molecule has 0 fully saturated rings. The monoisotopic (exact) mass is 251 g/mol. The first-order valence-corrected chi connectivity index (χ1v) is 5.97. The first-order chi connectivity index (χ1) is 8.54. The van der Waals surface area contributed by atoms with E-state index < -0.39 is 0 Å². The Morgan fingerprint density at radius 2 is 2.22 bits per heavy atom. The van der Waals surface area contributed by atoms with E-state index in [1.54, 1.807) is 20.1 Å². The van der Waals surface area contributed by atoms with E-state index in [4.69, 9.17) is 10.5 Å². The molecule has 1 atom stereocenters. The summed E-state index contributed by atoms with van der Waals surface area (Å²) >= 11 is 0. The van der Waals surface area contributed by atoms with Crippen LogP contribution in [-0.2, 0) is 4.74 Å². The molecule has 0 radical (unpaired) electrons. The second-order valence-electron chi connectivity index (χ2n) is 4.56. The van der Waals surface area contributed by atoms with Crippen LogP contribution in [0, 0.1) is 12.7 Å². The van der Waals surface area contributed by atoms with Crippen molar-refractivity contribution in [2.24, 2.45) is 0 Å². The van der Waals surface area contributed by atoms with Crippen LogP contribution in [0.4, 0.5) is 10.3 Å². The average molecular weight is 251 g/mol. The number of halogens is 1. The molecule has 1 aromatic carbocycles. The summed E-state index contributed by atoms with van der Waals surface area (Å²) in [5.41, 5.74) is 7.98. The molecule has 0 aliphatic heterocycles. The Balaban J connectivity index is 2.49. The number of benzene rings is 1. The Hall–Kier alpha value is -1.62. The van der Waals surface area contributed by atoms with Crippen LogP contribution in [0.2, 0.25) is 0 Å². The lowest BCUT2D eigenvalue weighted by atomic mass is 10.2. The van der Waals surface area contributed by atoms with Crippen molar-refractivity contribution in [1.82, 2.24) is 9.55 Å². The predicted octanol–water partition coefficient (Wildman–Crippen LogP) is 2.66. The van der Waals surface area contributed by atoms with Gasteiger partial charge in [-0.15, -0.1) is 0 Å². The Morgan fingerprint density at radius 1 is 1.50 bits per heavy atom. The van der Waals surface area contributed by atoms with Gasteiger partial charge in [0, 0.05) is 25.8 Å². The van der Waals surface area contributed by atoms with E-state index in [1.807, 2.05) is 4.57 Å². The van der Waals surface area contributed by atoms with Crippen molar-refractivity contribution in [2.75, 3.05) is 19.5 Å². The molecule has 5 heteroatoms. The third-order valence-electron chi connectivity index (χ3n) is 3.18. The molecule has 1 heterocycles. The number of rotatable bonds is 4.